The van der Waals surface area contributed by atoms with Gasteiger partial charge >= 0.3 is 0 Å². The molecule has 3 aromatic carbocycles. The number of benzene rings is 3. The normalized spacial score (nSPS) is 11.2. The van der Waals surface area contributed by atoms with E-state index in [4.69, 9.17) is 4.74 Å². The standard InChI is InChI=1S/C22H17N3O3/c1-28-20-9-5-8-18-19(14-23-16-10-12-17(13-11-16)25(26)27)21(24-22(18)20)15-6-3-2-4-7-15/h2-14,24H,1H3. The monoisotopic (exact) mass is 371 g/mol. The van der Waals surface area contributed by atoms with Crippen molar-refractivity contribution in [3.8, 4) is 17.0 Å². The molecule has 0 unspecified atom stereocenters. The number of para-hydroxylation sites is 1. The van der Waals surface area contributed by atoms with Crippen LogP contribution in [0.2, 0.25) is 0 Å². The third-order valence-electron chi connectivity index (χ3n) is 4.52. The minimum absolute atomic E-state index is 0.0424. The van der Waals surface area contributed by atoms with E-state index in [-0.39, 0.29) is 5.69 Å². The van der Waals surface area contributed by atoms with Gasteiger partial charge in [0.2, 0.25) is 0 Å². The largest absolute Gasteiger partial charge is 0.495 e. The fourth-order valence-electron chi connectivity index (χ4n) is 3.15. The first-order valence-electron chi connectivity index (χ1n) is 8.70. The minimum atomic E-state index is -0.424. The third kappa shape index (κ3) is 3.23. The van der Waals surface area contributed by atoms with Gasteiger partial charge in [-0.3, -0.25) is 15.1 Å². The lowest BCUT2D eigenvalue weighted by atomic mass is 10.1. The molecule has 6 heteroatoms. The summed E-state index contributed by atoms with van der Waals surface area (Å²) in [7, 11) is 1.64. The molecule has 0 saturated heterocycles. The number of nitrogens with one attached hydrogen (secondary N) is 1. The van der Waals surface area contributed by atoms with Crippen LogP contribution < -0.4 is 4.74 Å². The molecule has 0 radical (unpaired) electrons. The Balaban J connectivity index is 1.83. The SMILES string of the molecule is COc1cccc2c(C=Nc3ccc([N+](=O)[O-])cc3)c(-c3ccccc3)[nH]c12. The summed E-state index contributed by atoms with van der Waals surface area (Å²) in [5.74, 6) is 0.754. The maximum Gasteiger partial charge on any atom is 0.269 e. The van der Waals surface area contributed by atoms with Gasteiger partial charge in [0.05, 0.1) is 28.9 Å². The zero-order chi connectivity index (χ0) is 19.5. The van der Waals surface area contributed by atoms with Crippen LogP contribution in [0.1, 0.15) is 5.56 Å². The van der Waals surface area contributed by atoms with Crippen molar-refractivity contribution >= 4 is 28.5 Å². The molecule has 0 aliphatic rings. The molecule has 0 spiro atoms. The smallest absolute Gasteiger partial charge is 0.269 e. The van der Waals surface area contributed by atoms with Gasteiger partial charge in [0.1, 0.15) is 5.75 Å². The number of fused-ring (bicyclic) bond motifs is 1. The quantitative estimate of drug-likeness (QED) is 0.286. The molecular weight excluding hydrogens is 354 g/mol. The van der Waals surface area contributed by atoms with Crippen molar-refractivity contribution in [3.05, 3.63) is 88.5 Å². The van der Waals surface area contributed by atoms with Crippen LogP contribution >= 0.6 is 0 Å². The Labute approximate surface area is 161 Å². The maximum atomic E-state index is 10.8. The van der Waals surface area contributed by atoms with E-state index in [0.717, 1.165) is 33.5 Å². The van der Waals surface area contributed by atoms with Gasteiger partial charge in [-0.15, -0.1) is 0 Å². The van der Waals surface area contributed by atoms with Crippen LogP contribution in [0.25, 0.3) is 22.2 Å². The van der Waals surface area contributed by atoms with E-state index >= 15 is 0 Å². The average molecular weight is 371 g/mol. The number of hydrogen-bond acceptors (Lipinski definition) is 4. The van der Waals surface area contributed by atoms with Gasteiger partial charge in [0.25, 0.3) is 5.69 Å². The van der Waals surface area contributed by atoms with Crippen LogP contribution in [0.5, 0.6) is 5.75 Å². The highest BCUT2D eigenvalue weighted by atomic mass is 16.6. The molecule has 0 fully saturated rings. The molecule has 1 aromatic heterocycles. The lowest BCUT2D eigenvalue weighted by Gasteiger charge is -2.01. The Bertz CT molecular complexity index is 1160. The zero-order valence-corrected chi connectivity index (χ0v) is 15.1. The topological polar surface area (TPSA) is 80.5 Å². The molecule has 1 heterocycles. The van der Waals surface area contributed by atoms with Crippen LogP contribution in [0, 0.1) is 10.1 Å². The fourth-order valence-corrected chi connectivity index (χ4v) is 3.15. The number of nitro benzene ring substituents is 1. The Hall–Kier alpha value is -3.93. The Kier molecular flexibility index (Phi) is 4.60. The lowest BCUT2D eigenvalue weighted by molar-refractivity contribution is -0.384. The molecule has 1 N–H and O–H groups in total. The third-order valence-corrected chi connectivity index (χ3v) is 4.52. The molecule has 0 aliphatic carbocycles. The minimum Gasteiger partial charge on any atom is -0.495 e. The second-order valence-electron chi connectivity index (χ2n) is 6.19. The van der Waals surface area contributed by atoms with Gasteiger partial charge in [0.15, 0.2) is 0 Å². The molecule has 138 valence electrons. The molecule has 28 heavy (non-hydrogen) atoms. The number of aliphatic imine (C=N–C) groups is 1. The first-order chi connectivity index (χ1) is 13.7. The van der Waals surface area contributed by atoms with E-state index in [9.17, 15) is 10.1 Å². The number of H-pyrrole nitrogens is 1. The van der Waals surface area contributed by atoms with E-state index in [1.54, 1.807) is 25.5 Å². The number of non-ortho nitro benzene ring substituents is 1. The van der Waals surface area contributed by atoms with E-state index in [0.29, 0.717) is 5.69 Å². The Morgan fingerprint density at radius 3 is 2.43 bits per heavy atom. The summed E-state index contributed by atoms with van der Waals surface area (Å²) < 4.78 is 5.49. The first-order valence-corrected chi connectivity index (χ1v) is 8.70. The second-order valence-corrected chi connectivity index (χ2v) is 6.19. The molecule has 0 bridgehead atoms. The van der Waals surface area contributed by atoms with Crippen LogP contribution in [-0.2, 0) is 0 Å². The predicted molar refractivity (Wildman–Crippen MR) is 111 cm³/mol. The van der Waals surface area contributed by atoms with Crippen LogP contribution in [0.4, 0.5) is 11.4 Å². The van der Waals surface area contributed by atoms with E-state index in [1.165, 1.54) is 12.1 Å². The van der Waals surface area contributed by atoms with Gasteiger partial charge in [-0.25, -0.2) is 0 Å². The number of rotatable bonds is 5. The van der Waals surface area contributed by atoms with E-state index in [2.05, 4.69) is 9.98 Å². The fraction of sp³-hybridized carbons (Fsp3) is 0.0455. The van der Waals surface area contributed by atoms with Crippen molar-refractivity contribution in [3.63, 3.8) is 0 Å². The highest BCUT2D eigenvalue weighted by molar-refractivity contribution is 6.08. The van der Waals surface area contributed by atoms with Crippen molar-refractivity contribution < 1.29 is 9.66 Å². The summed E-state index contributed by atoms with van der Waals surface area (Å²) in [5, 5.41) is 11.8. The number of ether oxygens (including phenoxy) is 1. The van der Waals surface area contributed by atoms with Gasteiger partial charge in [-0.05, 0) is 23.8 Å². The zero-order valence-electron chi connectivity index (χ0n) is 15.1. The second kappa shape index (κ2) is 7.36. The average Bonchev–Trinajstić information content (AvgIpc) is 3.12. The molecule has 0 atom stereocenters. The molecule has 4 aromatic rings. The van der Waals surface area contributed by atoms with Crippen LogP contribution in [0.15, 0.2) is 77.8 Å². The van der Waals surface area contributed by atoms with Gasteiger partial charge in [-0.2, -0.15) is 0 Å². The summed E-state index contributed by atoms with van der Waals surface area (Å²) in [6.07, 6.45) is 1.78. The first kappa shape index (κ1) is 17.5. The van der Waals surface area contributed by atoms with Crippen molar-refractivity contribution in [2.45, 2.75) is 0 Å². The number of nitrogens with zero attached hydrogens (tertiary/aromatic N) is 2. The van der Waals surface area contributed by atoms with Crippen molar-refractivity contribution in [2.75, 3.05) is 7.11 Å². The maximum absolute atomic E-state index is 10.8. The van der Waals surface area contributed by atoms with Gasteiger partial charge < -0.3 is 9.72 Å². The summed E-state index contributed by atoms with van der Waals surface area (Å²) in [6, 6.07) is 22.0. The van der Waals surface area contributed by atoms with Crippen molar-refractivity contribution in [1.82, 2.24) is 4.98 Å². The van der Waals surface area contributed by atoms with Crippen molar-refractivity contribution in [2.24, 2.45) is 4.99 Å². The molecular formula is C22H17N3O3. The molecule has 0 amide bonds. The van der Waals surface area contributed by atoms with Crippen LogP contribution in [-0.4, -0.2) is 23.2 Å². The number of aromatic amines is 1. The highest BCUT2D eigenvalue weighted by Gasteiger charge is 2.14. The Morgan fingerprint density at radius 2 is 1.75 bits per heavy atom. The van der Waals surface area contributed by atoms with E-state index in [1.807, 2.05) is 48.5 Å². The summed E-state index contributed by atoms with van der Waals surface area (Å²) in [5.41, 5.74) is 4.48. The molecule has 0 aliphatic heterocycles. The lowest BCUT2D eigenvalue weighted by Crippen LogP contribution is -1.87. The summed E-state index contributed by atoms with van der Waals surface area (Å²) in [4.78, 5) is 18.4. The number of aromatic nitrogens is 1. The van der Waals surface area contributed by atoms with Crippen molar-refractivity contribution in [1.29, 1.82) is 0 Å². The molecule has 6 nitrogen and oxygen atoms in total. The number of hydrogen-bond donors (Lipinski definition) is 1. The van der Waals surface area contributed by atoms with Crippen LogP contribution in [0.3, 0.4) is 0 Å². The molecule has 4 rings (SSSR count). The van der Waals surface area contributed by atoms with Gasteiger partial charge in [0, 0.05) is 29.3 Å². The predicted octanol–water partition coefficient (Wildman–Crippen LogP) is 5.50. The number of nitro groups is 1. The van der Waals surface area contributed by atoms with Gasteiger partial charge in [-0.1, -0.05) is 42.5 Å². The molecule has 0 saturated carbocycles. The Morgan fingerprint density at radius 1 is 1.00 bits per heavy atom. The summed E-state index contributed by atoms with van der Waals surface area (Å²) in [6.45, 7) is 0. The highest BCUT2D eigenvalue weighted by Crippen LogP contribution is 2.34. The summed E-state index contributed by atoms with van der Waals surface area (Å²) >= 11 is 0. The number of methoxy groups -OCH3 is 1. The van der Waals surface area contributed by atoms with E-state index < -0.39 is 4.92 Å².